The first-order valence-electron chi connectivity index (χ1n) is 6.31. The summed E-state index contributed by atoms with van der Waals surface area (Å²) in [5, 5.41) is 11.5. The third-order valence-corrected chi connectivity index (χ3v) is 2.64. The maximum absolute atomic E-state index is 5.63. The maximum atomic E-state index is 5.63. The number of rotatable bonds is 2. The molecule has 0 aliphatic carbocycles. The Labute approximate surface area is 97.8 Å². The fourth-order valence-electron chi connectivity index (χ4n) is 1.71. The third-order valence-electron chi connectivity index (χ3n) is 2.64. The second-order valence-corrected chi connectivity index (χ2v) is 4.16. The predicted molar refractivity (Wildman–Crippen MR) is 64.6 cm³/mol. The van der Waals surface area contributed by atoms with Gasteiger partial charge in [0, 0.05) is 11.8 Å². The van der Waals surface area contributed by atoms with Crippen LogP contribution in [0.1, 0.15) is 64.2 Å². The molecule has 1 fully saturated rings. The van der Waals surface area contributed by atoms with Crippen molar-refractivity contribution in [3.8, 4) is 0 Å². The zero-order valence-electron chi connectivity index (χ0n) is 10.8. The Hall–Kier alpha value is -0.900. The van der Waals surface area contributed by atoms with Gasteiger partial charge in [-0.15, -0.1) is 10.2 Å². The number of piperidine rings is 1. The normalized spacial score (nSPS) is 17.1. The number of nitrogens with one attached hydrogen (secondary N) is 1. The van der Waals surface area contributed by atoms with Crippen LogP contribution in [0.2, 0.25) is 0 Å². The van der Waals surface area contributed by atoms with E-state index < -0.39 is 0 Å². The molecule has 1 aromatic heterocycles. The van der Waals surface area contributed by atoms with Crippen LogP contribution in [-0.2, 0) is 0 Å². The molecular formula is C12H23N3O. The minimum Gasteiger partial charge on any atom is -0.425 e. The zero-order valence-corrected chi connectivity index (χ0v) is 10.8. The lowest BCUT2D eigenvalue weighted by molar-refractivity contribution is 0.354. The molecule has 1 aliphatic rings. The molecule has 0 aromatic carbocycles. The molecule has 2 rings (SSSR count). The van der Waals surface area contributed by atoms with Crippen molar-refractivity contribution in [1.82, 2.24) is 15.5 Å². The van der Waals surface area contributed by atoms with E-state index in [1.54, 1.807) is 0 Å². The highest BCUT2D eigenvalue weighted by molar-refractivity contribution is 4.95. The molecule has 0 amide bonds. The van der Waals surface area contributed by atoms with Gasteiger partial charge in [-0.05, 0) is 25.9 Å². The fourth-order valence-corrected chi connectivity index (χ4v) is 1.71. The lowest BCUT2D eigenvalue weighted by Crippen LogP contribution is -2.26. The van der Waals surface area contributed by atoms with Crippen molar-refractivity contribution >= 4 is 0 Å². The third kappa shape index (κ3) is 3.30. The van der Waals surface area contributed by atoms with Crippen LogP contribution >= 0.6 is 0 Å². The SMILES string of the molecule is CC.CC(C)c1nnc(C2CCNCC2)o1. The lowest BCUT2D eigenvalue weighted by atomic mass is 9.98. The van der Waals surface area contributed by atoms with Gasteiger partial charge >= 0.3 is 0 Å². The van der Waals surface area contributed by atoms with Crippen molar-refractivity contribution in [2.24, 2.45) is 0 Å². The second kappa shape index (κ2) is 6.63. The van der Waals surface area contributed by atoms with Crippen LogP contribution in [0.25, 0.3) is 0 Å². The van der Waals surface area contributed by atoms with Gasteiger partial charge < -0.3 is 9.73 Å². The van der Waals surface area contributed by atoms with Gasteiger partial charge in [0.2, 0.25) is 11.8 Å². The molecule has 1 N–H and O–H groups in total. The Kier molecular flexibility index (Phi) is 5.46. The fraction of sp³-hybridized carbons (Fsp3) is 0.833. The average Bonchev–Trinajstić information content (AvgIpc) is 2.82. The van der Waals surface area contributed by atoms with Crippen LogP contribution < -0.4 is 5.32 Å². The highest BCUT2D eigenvalue weighted by Crippen LogP contribution is 2.25. The van der Waals surface area contributed by atoms with Gasteiger partial charge in [0.25, 0.3) is 0 Å². The molecule has 0 bridgehead atoms. The van der Waals surface area contributed by atoms with Crippen LogP contribution in [0.15, 0.2) is 4.42 Å². The van der Waals surface area contributed by atoms with E-state index in [1.165, 1.54) is 0 Å². The summed E-state index contributed by atoms with van der Waals surface area (Å²) < 4.78 is 5.63. The van der Waals surface area contributed by atoms with E-state index in [0.717, 1.165) is 37.7 Å². The van der Waals surface area contributed by atoms with Crippen LogP contribution in [0, 0.1) is 0 Å². The first-order valence-corrected chi connectivity index (χ1v) is 6.31. The largest absolute Gasteiger partial charge is 0.425 e. The van der Waals surface area contributed by atoms with Crippen molar-refractivity contribution in [2.75, 3.05) is 13.1 Å². The van der Waals surface area contributed by atoms with Crippen molar-refractivity contribution < 1.29 is 4.42 Å². The smallest absolute Gasteiger partial charge is 0.219 e. The van der Waals surface area contributed by atoms with E-state index in [1.807, 2.05) is 13.8 Å². The molecule has 0 radical (unpaired) electrons. The molecule has 92 valence electrons. The average molecular weight is 225 g/mol. The molecule has 1 aromatic rings. The predicted octanol–water partition coefficient (Wildman–Crippen LogP) is 2.69. The van der Waals surface area contributed by atoms with Gasteiger partial charge in [-0.25, -0.2) is 0 Å². The monoisotopic (exact) mass is 225 g/mol. The Balaban J connectivity index is 0.000000606. The maximum Gasteiger partial charge on any atom is 0.219 e. The summed E-state index contributed by atoms with van der Waals surface area (Å²) >= 11 is 0. The van der Waals surface area contributed by atoms with Gasteiger partial charge in [-0.1, -0.05) is 27.7 Å². The van der Waals surface area contributed by atoms with Gasteiger partial charge in [-0.2, -0.15) is 0 Å². The molecule has 0 saturated carbocycles. The van der Waals surface area contributed by atoms with E-state index in [-0.39, 0.29) is 0 Å². The van der Waals surface area contributed by atoms with Crippen molar-refractivity contribution in [3.05, 3.63) is 11.8 Å². The number of hydrogen-bond acceptors (Lipinski definition) is 4. The summed E-state index contributed by atoms with van der Waals surface area (Å²) in [7, 11) is 0. The van der Waals surface area contributed by atoms with Crippen molar-refractivity contribution in [1.29, 1.82) is 0 Å². The summed E-state index contributed by atoms with van der Waals surface area (Å²) in [6.07, 6.45) is 2.22. The molecule has 1 saturated heterocycles. The quantitative estimate of drug-likeness (QED) is 0.840. The summed E-state index contributed by atoms with van der Waals surface area (Å²) in [5.74, 6) is 2.39. The topological polar surface area (TPSA) is 51.0 Å². The lowest BCUT2D eigenvalue weighted by Gasteiger charge is -2.18. The molecule has 2 heterocycles. The Morgan fingerprint density at radius 3 is 2.31 bits per heavy atom. The molecule has 4 heteroatoms. The van der Waals surface area contributed by atoms with Crippen LogP contribution in [-0.4, -0.2) is 23.3 Å². The zero-order chi connectivity index (χ0) is 12.0. The van der Waals surface area contributed by atoms with Gasteiger partial charge in [0.05, 0.1) is 0 Å². The Bertz CT molecular complexity index is 290. The number of hydrogen-bond donors (Lipinski definition) is 1. The van der Waals surface area contributed by atoms with E-state index in [9.17, 15) is 0 Å². The first kappa shape index (κ1) is 13.2. The molecule has 1 aliphatic heterocycles. The molecule has 0 spiro atoms. The van der Waals surface area contributed by atoms with Crippen LogP contribution in [0.5, 0.6) is 0 Å². The standard InChI is InChI=1S/C10H17N3O.C2H6/c1-7(2)9-12-13-10(14-9)8-3-5-11-6-4-8;1-2/h7-8,11H,3-6H2,1-2H3;1-2H3. The minimum absolute atomic E-state index is 0.331. The molecule has 0 atom stereocenters. The van der Waals surface area contributed by atoms with Gasteiger partial charge in [0.1, 0.15) is 0 Å². The van der Waals surface area contributed by atoms with E-state index in [0.29, 0.717) is 11.8 Å². The Morgan fingerprint density at radius 2 is 1.81 bits per heavy atom. The van der Waals surface area contributed by atoms with E-state index in [2.05, 4.69) is 29.4 Å². The summed E-state index contributed by atoms with van der Waals surface area (Å²) in [5.41, 5.74) is 0. The number of aromatic nitrogens is 2. The summed E-state index contributed by atoms with van der Waals surface area (Å²) in [6.45, 7) is 10.3. The highest BCUT2D eigenvalue weighted by atomic mass is 16.4. The van der Waals surface area contributed by atoms with Crippen molar-refractivity contribution in [3.63, 3.8) is 0 Å². The first-order chi connectivity index (χ1) is 7.77. The van der Waals surface area contributed by atoms with Crippen LogP contribution in [0.4, 0.5) is 0 Å². The van der Waals surface area contributed by atoms with Gasteiger partial charge in [-0.3, -0.25) is 0 Å². The minimum atomic E-state index is 0.331. The number of nitrogens with zero attached hydrogens (tertiary/aromatic N) is 2. The van der Waals surface area contributed by atoms with E-state index in [4.69, 9.17) is 4.42 Å². The van der Waals surface area contributed by atoms with Crippen molar-refractivity contribution in [2.45, 2.75) is 52.4 Å². The summed E-state index contributed by atoms with van der Waals surface area (Å²) in [6, 6.07) is 0. The van der Waals surface area contributed by atoms with Crippen LogP contribution in [0.3, 0.4) is 0 Å². The second-order valence-electron chi connectivity index (χ2n) is 4.16. The highest BCUT2D eigenvalue weighted by Gasteiger charge is 2.21. The van der Waals surface area contributed by atoms with Gasteiger partial charge in [0.15, 0.2) is 0 Å². The molecule has 16 heavy (non-hydrogen) atoms. The molecule has 4 nitrogen and oxygen atoms in total. The molecule has 0 unspecified atom stereocenters. The Morgan fingerprint density at radius 1 is 1.19 bits per heavy atom. The summed E-state index contributed by atoms with van der Waals surface area (Å²) in [4.78, 5) is 0. The van der Waals surface area contributed by atoms with E-state index >= 15 is 0 Å². The molecular weight excluding hydrogens is 202 g/mol.